The maximum atomic E-state index is 5.39. The Hall–Kier alpha value is -1.84. The zero-order chi connectivity index (χ0) is 13.3. The lowest BCUT2D eigenvalue weighted by atomic mass is 10.1. The smallest absolute Gasteiger partial charge is 0.158 e. The highest BCUT2D eigenvalue weighted by atomic mass is 16.5. The van der Waals surface area contributed by atoms with Gasteiger partial charge in [0.05, 0.1) is 7.11 Å². The Balaban J connectivity index is 2.57. The van der Waals surface area contributed by atoms with Crippen LogP contribution in [-0.2, 0) is 6.54 Å². The molecule has 0 unspecified atom stereocenters. The lowest BCUT2D eigenvalue weighted by molar-refractivity contribution is 0.408. The molecular weight excluding hydrogens is 226 g/mol. The van der Waals surface area contributed by atoms with Crippen molar-refractivity contribution in [1.29, 1.82) is 0 Å². The van der Waals surface area contributed by atoms with Crippen molar-refractivity contribution in [2.45, 2.75) is 34.2 Å². The summed E-state index contributed by atoms with van der Waals surface area (Å²) in [5.41, 5.74) is 3.33. The van der Waals surface area contributed by atoms with Gasteiger partial charge < -0.3 is 4.74 Å². The molecule has 2 rings (SSSR count). The van der Waals surface area contributed by atoms with Crippen LogP contribution < -0.4 is 4.74 Å². The molecule has 0 fully saturated rings. The van der Waals surface area contributed by atoms with Gasteiger partial charge in [-0.15, -0.1) is 0 Å². The van der Waals surface area contributed by atoms with E-state index in [4.69, 9.17) is 4.74 Å². The van der Waals surface area contributed by atoms with Gasteiger partial charge in [-0.1, -0.05) is 0 Å². The Morgan fingerprint density at radius 1 is 1.17 bits per heavy atom. The highest BCUT2D eigenvalue weighted by molar-refractivity contribution is 5.61. The summed E-state index contributed by atoms with van der Waals surface area (Å²) in [5.74, 6) is 2.67. The molecule has 0 bridgehead atoms. The fourth-order valence-corrected chi connectivity index (χ4v) is 2.29. The molecule has 0 N–H and O–H groups in total. The van der Waals surface area contributed by atoms with E-state index in [1.54, 1.807) is 7.11 Å². The molecule has 0 aliphatic rings. The lowest BCUT2D eigenvalue weighted by Crippen LogP contribution is -2.01. The Kier molecular flexibility index (Phi) is 3.36. The molecule has 0 amide bonds. The number of nitrogens with zero attached hydrogens (tertiary/aromatic N) is 3. The second-order valence-electron chi connectivity index (χ2n) is 4.44. The van der Waals surface area contributed by atoms with E-state index < -0.39 is 0 Å². The minimum absolute atomic E-state index is 0.804. The van der Waals surface area contributed by atoms with Gasteiger partial charge in [0.15, 0.2) is 5.82 Å². The Morgan fingerprint density at radius 3 is 2.28 bits per heavy atom. The van der Waals surface area contributed by atoms with Crippen LogP contribution in [-0.4, -0.2) is 21.9 Å². The Bertz CT molecular complexity index is 549. The number of hydrogen-bond donors (Lipinski definition) is 0. The van der Waals surface area contributed by atoms with Crippen molar-refractivity contribution >= 4 is 0 Å². The SMILES string of the molecule is CCn1nc(C)nc1-c1cc(C)c(OC)c(C)c1. The number of methoxy groups -OCH3 is 1. The molecule has 0 aliphatic carbocycles. The second kappa shape index (κ2) is 4.80. The van der Waals surface area contributed by atoms with Gasteiger partial charge in [-0.25, -0.2) is 9.67 Å². The Labute approximate surface area is 108 Å². The van der Waals surface area contributed by atoms with Crippen molar-refractivity contribution in [2.24, 2.45) is 0 Å². The van der Waals surface area contributed by atoms with Crippen molar-refractivity contribution in [2.75, 3.05) is 7.11 Å². The zero-order valence-corrected chi connectivity index (χ0v) is 11.6. The molecule has 0 atom stereocenters. The first kappa shape index (κ1) is 12.6. The lowest BCUT2D eigenvalue weighted by Gasteiger charge is -2.11. The topological polar surface area (TPSA) is 39.9 Å². The normalized spacial score (nSPS) is 10.7. The summed E-state index contributed by atoms with van der Waals surface area (Å²) in [4.78, 5) is 4.50. The first-order valence-corrected chi connectivity index (χ1v) is 6.13. The number of aromatic nitrogens is 3. The predicted octanol–water partition coefficient (Wildman–Crippen LogP) is 2.90. The third kappa shape index (κ3) is 2.10. The minimum Gasteiger partial charge on any atom is -0.496 e. The summed E-state index contributed by atoms with van der Waals surface area (Å²) < 4.78 is 7.31. The van der Waals surface area contributed by atoms with Crippen LogP contribution in [0.4, 0.5) is 0 Å². The molecule has 1 aromatic carbocycles. The average Bonchev–Trinajstić information content (AvgIpc) is 2.70. The van der Waals surface area contributed by atoms with Crippen molar-refractivity contribution in [3.05, 3.63) is 29.1 Å². The van der Waals surface area contributed by atoms with Crippen molar-refractivity contribution in [1.82, 2.24) is 14.8 Å². The van der Waals surface area contributed by atoms with E-state index in [1.165, 1.54) is 0 Å². The van der Waals surface area contributed by atoms with Crippen LogP contribution in [0.2, 0.25) is 0 Å². The summed E-state index contributed by atoms with van der Waals surface area (Å²) in [5, 5.41) is 4.38. The molecule has 1 aromatic heterocycles. The highest BCUT2D eigenvalue weighted by Crippen LogP contribution is 2.29. The standard InChI is InChI=1S/C14H19N3O/c1-6-17-14(15-11(4)16-17)12-7-9(2)13(18-5)10(3)8-12/h7-8H,6H2,1-5H3. The van der Waals surface area contributed by atoms with Crippen LogP contribution in [0.3, 0.4) is 0 Å². The minimum atomic E-state index is 0.804. The fourth-order valence-electron chi connectivity index (χ4n) is 2.29. The van der Waals surface area contributed by atoms with E-state index in [0.717, 1.165) is 40.6 Å². The summed E-state index contributed by atoms with van der Waals surface area (Å²) in [6.07, 6.45) is 0. The van der Waals surface area contributed by atoms with Crippen molar-refractivity contribution in [3.8, 4) is 17.1 Å². The summed E-state index contributed by atoms with van der Waals surface area (Å²) in [6.45, 7) is 8.91. The van der Waals surface area contributed by atoms with Gasteiger partial charge in [-0.3, -0.25) is 0 Å². The monoisotopic (exact) mass is 245 g/mol. The Morgan fingerprint density at radius 2 is 1.78 bits per heavy atom. The predicted molar refractivity (Wildman–Crippen MR) is 71.9 cm³/mol. The molecule has 4 heteroatoms. The van der Waals surface area contributed by atoms with Crippen LogP contribution in [0.15, 0.2) is 12.1 Å². The zero-order valence-electron chi connectivity index (χ0n) is 11.6. The van der Waals surface area contributed by atoms with Crippen LogP contribution in [0, 0.1) is 20.8 Å². The van der Waals surface area contributed by atoms with Gasteiger partial charge in [0, 0.05) is 12.1 Å². The molecule has 4 nitrogen and oxygen atoms in total. The number of ether oxygens (including phenoxy) is 1. The van der Waals surface area contributed by atoms with Gasteiger partial charge in [0.25, 0.3) is 0 Å². The van der Waals surface area contributed by atoms with Gasteiger partial charge in [-0.2, -0.15) is 5.10 Å². The highest BCUT2D eigenvalue weighted by Gasteiger charge is 2.12. The van der Waals surface area contributed by atoms with Gasteiger partial charge >= 0.3 is 0 Å². The van der Waals surface area contributed by atoms with Crippen molar-refractivity contribution < 1.29 is 4.74 Å². The number of benzene rings is 1. The molecule has 0 aliphatic heterocycles. The molecular formula is C14H19N3O. The molecule has 0 spiro atoms. The van der Waals surface area contributed by atoms with Crippen LogP contribution in [0.5, 0.6) is 5.75 Å². The van der Waals surface area contributed by atoms with Crippen LogP contribution in [0.25, 0.3) is 11.4 Å². The average molecular weight is 245 g/mol. The first-order chi connectivity index (χ1) is 8.56. The largest absolute Gasteiger partial charge is 0.496 e. The third-order valence-corrected chi connectivity index (χ3v) is 3.00. The van der Waals surface area contributed by atoms with E-state index in [0.29, 0.717) is 0 Å². The van der Waals surface area contributed by atoms with Gasteiger partial charge in [-0.05, 0) is 51.0 Å². The number of aryl methyl sites for hydroxylation is 4. The molecule has 96 valence electrons. The maximum Gasteiger partial charge on any atom is 0.158 e. The van der Waals surface area contributed by atoms with Gasteiger partial charge in [0.1, 0.15) is 11.6 Å². The first-order valence-electron chi connectivity index (χ1n) is 6.13. The fraction of sp³-hybridized carbons (Fsp3) is 0.429. The van der Waals surface area contributed by atoms with E-state index in [1.807, 2.05) is 11.6 Å². The second-order valence-corrected chi connectivity index (χ2v) is 4.44. The van der Waals surface area contributed by atoms with E-state index in [-0.39, 0.29) is 0 Å². The summed E-state index contributed by atoms with van der Waals surface area (Å²) >= 11 is 0. The van der Waals surface area contributed by atoms with E-state index in [9.17, 15) is 0 Å². The molecule has 2 aromatic rings. The summed E-state index contributed by atoms with van der Waals surface area (Å²) in [7, 11) is 1.70. The number of hydrogen-bond acceptors (Lipinski definition) is 3. The van der Waals surface area contributed by atoms with E-state index >= 15 is 0 Å². The third-order valence-electron chi connectivity index (χ3n) is 3.00. The van der Waals surface area contributed by atoms with Crippen LogP contribution in [0.1, 0.15) is 23.9 Å². The number of rotatable bonds is 3. The summed E-state index contributed by atoms with van der Waals surface area (Å²) in [6, 6.07) is 4.20. The van der Waals surface area contributed by atoms with Gasteiger partial charge in [0.2, 0.25) is 0 Å². The van der Waals surface area contributed by atoms with Crippen LogP contribution >= 0.6 is 0 Å². The van der Waals surface area contributed by atoms with Crippen molar-refractivity contribution in [3.63, 3.8) is 0 Å². The molecule has 0 radical (unpaired) electrons. The molecule has 1 heterocycles. The quantitative estimate of drug-likeness (QED) is 0.834. The molecule has 0 saturated heterocycles. The van der Waals surface area contributed by atoms with E-state index in [2.05, 4.69) is 43.0 Å². The molecule has 18 heavy (non-hydrogen) atoms. The maximum absolute atomic E-state index is 5.39. The molecule has 0 saturated carbocycles.